The molecule has 2 fully saturated rings. The normalized spacial score (nSPS) is 23.5. The lowest BCUT2D eigenvalue weighted by atomic mass is 10.0. The molecule has 2 aliphatic rings. The topological polar surface area (TPSA) is 46.2 Å². The van der Waals surface area contributed by atoms with Crippen LogP contribution in [-0.4, -0.2) is 95.2 Å². The molecule has 8 heteroatoms. The second-order valence-corrected chi connectivity index (χ2v) is 7.25. The monoisotopic (exact) mass is 435 g/mol. The Bertz CT molecular complexity index is 534. The lowest BCUT2D eigenvalue weighted by Gasteiger charge is -2.37. The number of halogens is 2. The molecule has 0 aromatic heterocycles. The fourth-order valence-electron chi connectivity index (χ4n) is 3.83. The van der Waals surface area contributed by atoms with Gasteiger partial charge in [0.2, 0.25) is 0 Å². The minimum Gasteiger partial charge on any atom is -0.497 e. The number of nitrogens with one attached hydrogen (secondary N) is 1. The molecule has 2 aliphatic heterocycles. The van der Waals surface area contributed by atoms with Crippen molar-refractivity contribution in [3.05, 3.63) is 29.8 Å². The van der Waals surface area contributed by atoms with E-state index in [-0.39, 0.29) is 30.9 Å². The van der Waals surface area contributed by atoms with Crippen molar-refractivity contribution in [3.63, 3.8) is 0 Å². The summed E-state index contributed by atoms with van der Waals surface area (Å²) >= 11 is 0. The van der Waals surface area contributed by atoms with Crippen LogP contribution in [0.1, 0.15) is 5.56 Å². The maximum Gasteiger partial charge on any atom is 0.118 e. The molecular formula is C20H35Cl2N3O3. The van der Waals surface area contributed by atoms with Crippen LogP contribution >= 0.6 is 24.8 Å². The second kappa shape index (κ2) is 13.6. The number of hydrogen-bond acceptors (Lipinski definition) is 6. The first-order chi connectivity index (χ1) is 12.8. The van der Waals surface area contributed by atoms with Gasteiger partial charge in [-0.1, -0.05) is 12.1 Å². The highest BCUT2D eigenvalue weighted by atomic mass is 35.5. The van der Waals surface area contributed by atoms with Crippen LogP contribution in [0.2, 0.25) is 0 Å². The van der Waals surface area contributed by atoms with E-state index in [1.54, 1.807) is 14.2 Å². The molecule has 162 valence electrons. The van der Waals surface area contributed by atoms with Crippen molar-refractivity contribution in [1.82, 2.24) is 15.1 Å². The molecule has 0 spiro atoms. The van der Waals surface area contributed by atoms with Crippen LogP contribution in [0.5, 0.6) is 5.75 Å². The molecule has 0 aliphatic carbocycles. The summed E-state index contributed by atoms with van der Waals surface area (Å²) in [5, 5.41) is 3.66. The molecule has 2 saturated heterocycles. The molecule has 28 heavy (non-hydrogen) atoms. The van der Waals surface area contributed by atoms with Gasteiger partial charge in [0, 0.05) is 59.0 Å². The molecule has 3 rings (SSSR count). The van der Waals surface area contributed by atoms with Crippen molar-refractivity contribution in [1.29, 1.82) is 0 Å². The lowest BCUT2D eigenvalue weighted by Crippen LogP contribution is -2.54. The molecule has 0 amide bonds. The molecule has 0 radical (unpaired) electrons. The lowest BCUT2D eigenvalue weighted by molar-refractivity contribution is -0.0624. The predicted octanol–water partition coefficient (Wildman–Crippen LogP) is 1.70. The standard InChI is InChI=1S/C20H33N3O3.2ClH/c1-24-16-20-15-23(11-12-26-20)10-9-22-8-7-21-18(14-22)13-17-3-5-19(25-2)6-4-17;;/h3-6,18,20-21H,7-16H2,1-2H3;2*1H/t18?,20-;;/m0../s1. The van der Waals surface area contributed by atoms with Gasteiger partial charge in [0.25, 0.3) is 0 Å². The minimum absolute atomic E-state index is 0. The number of piperazine rings is 1. The summed E-state index contributed by atoms with van der Waals surface area (Å²) in [5.41, 5.74) is 1.36. The third-order valence-corrected chi connectivity index (χ3v) is 5.29. The van der Waals surface area contributed by atoms with Crippen LogP contribution in [0.15, 0.2) is 24.3 Å². The summed E-state index contributed by atoms with van der Waals surface area (Å²) in [6.07, 6.45) is 1.29. The van der Waals surface area contributed by atoms with E-state index in [2.05, 4.69) is 27.2 Å². The average Bonchev–Trinajstić information content (AvgIpc) is 2.68. The van der Waals surface area contributed by atoms with Crippen molar-refractivity contribution >= 4 is 24.8 Å². The Morgan fingerprint density at radius 2 is 1.75 bits per heavy atom. The summed E-state index contributed by atoms with van der Waals surface area (Å²) in [4.78, 5) is 5.10. The maximum atomic E-state index is 5.74. The fourth-order valence-corrected chi connectivity index (χ4v) is 3.83. The molecule has 1 aromatic carbocycles. The third-order valence-electron chi connectivity index (χ3n) is 5.29. The first kappa shape index (κ1) is 25.4. The van der Waals surface area contributed by atoms with Gasteiger partial charge in [-0.05, 0) is 24.1 Å². The van der Waals surface area contributed by atoms with E-state index in [9.17, 15) is 0 Å². The van der Waals surface area contributed by atoms with Gasteiger partial charge in [-0.3, -0.25) is 9.80 Å². The predicted molar refractivity (Wildman–Crippen MR) is 117 cm³/mol. The van der Waals surface area contributed by atoms with Crippen LogP contribution in [-0.2, 0) is 15.9 Å². The molecule has 0 saturated carbocycles. The number of hydrogen-bond donors (Lipinski definition) is 1. The molecule has 2 atom stereocenters. The summed E-state index contributed by atoms with van der Waals surface area (Å²) in [6, 6.07) is 8.95. The highest BCUT2D eigenvalue weighted by molar-refractivity contribution is 5.85. The molecule has 1 aromatic rings. The maximum absolute atomic E-state index is 5.74. The molecule has 6 nitrogen and oxygen atoms in total. The number of nitrogens with zero attached hydrogens (tertiary/aromatic N) is 2. The number of ether oxygens (including phenoxy) is 3. The number of rotatable bonds is 8. The molecular weight excluding hydrogens is 401 g/mol. The van der Waals surface area contributed by atoms with E-state index >= 15 is 0 Å². The van der Waals surface area contributed by atoms with Crippen molar-refractivity contribution in [2.45, 2.75) is 18.6 Å². The van der Waals surface area contributed by atoms with Crippen LogP contribution in [0.25, 0.3) is 0 Å². The summed E-state index contributed by atoms with van der Waals surface area (Å²) in [6.45, 7) is 9.05. The van der Waals surface area contributed by atoms with Crippen molar-refractivity contribution in [3.8, 4) is 5.75 Å². The summed E-state index contributed by atoms with van der Waals surface area (Å²) in [7, 11) is 3.45. The van der Waals surface area contributed by atoms with Gasteiger partial charge in [-0.2, -0.15) is 0 Å². The Morgan fingerprint density at radius 3 is 2.43 bits per heavy atom. The zero-order chi connectivity index (χ0) is 18.2. The first-order valence-corrected chi connectivity index (χ1v) is 9.68. The van der Waals surface area contributed by atoms with Crippen molar-refractivity contribution in [2.75, 3.05) is 73.2 Å². The molecule has 1 unspecified atom stereocenters. The van der Waals surface area contributed by atoms with Gasteiger partial charge in [0.15, 0.2) is 0 Å². The Labute approximate surface area is 181 Å². The van der Waals surface area contributed by atoms with Gasteiger partial charge in [-0.25, -0.2) is 0 Å². The first-order valence-electron chi connectivity index (χ1n) is 9.68. The molecule has 1 N–H and O–H groups in total. The SMILES string of the molecule is COC[C@@H]1CN(CCN2CCNC(Cc3ccc(OC)cc3)C2)CCO1.Cl.Cl. The van der Waals surface area contributed by atoms with Gasteiger partial charge in [0.1, 0.15) is 5.75 Å². The number of methoxy groups -OCH3 is 2. The van der Waals surface area contributed by atoms with Crippen LogP contribution < -0.4 is 10.1 Å². The van der Waals surface area contributed by atoms with E-state index in [0.717, 1.165) is 64.6 Å². The van der Waals surface area contributed by atoms with Gasteiger partial charge >= 0.3 is 0 Å². The van der Waals surface area contributed by atoms with Gasteiger partial charge in [0.05, 0.1) is 26.4 Å². The van der Waals surface area contributed by atoms with E-state index in [4.69, 9.17) is 14.2 Å². The van der Waals surface area contributed by atoms with E-state index < -0.39 is 0 Å². The average molecular weight is 436 g/mol. The fraction of sp³-hybridized carbons (Fsp3) is 0.700. The zero-order valence-electron chi connectivity index (χ0n) is 17.0. The van der Waals surface area contributed by atoms with Gasteiger partial charge < -0.3 is 19.5 Å². The van der Waals surface area contributed by atoms with E-state index in [1.165, 1.54) is 5.56 Å². The Hall–Kier alpha value is -0.600. The van der Waals surface area contributed by atoms with E-state index in [0.29, 0.717) is 12.6 Å². The molecule has 2 heterocycles. The smallest absolute Gasteiger partial charge is 0.118 e. The summed E-state index contributed by atoms with van der Waals surface area (Å²) < 4.78 is 16.2. The Kier molecular flexibility index (Phi) is 12.3. The van der Waals surface area contributed by atoms with Crippen molar-refractivity contribution in [2.24, 2.45) is 0 Å². The van der Waals surface area contributed by atoms with E-state index in [1.807, 2.05) is 12.1 Å². The largest absolute Gasteiger partial charge is 0.497 e. The Morgan fingerprint density at radius 1 is 1.04 bits per heavy atom. The van der Waals surface area contributed by atoms with Gasteiger partial charge in [-0.15, -0.1) is 24.8 Å². The number of benzene rings is 1. The summed E-state index contributed by atoms with van der Waals surface area (Å²) in [5.74, 6) is 0.921. The highest BCUT2D eigenvalue weighted by Crippen LogP contribution is 2.14. The Balaban J connectivity index is 0.00000196. The van der Waals surface area contributed by atoms with Crippen LogP contribution in [0.4, 0.5) is 0 Å². The van der Waals surface area contributed by atoms with Crippen LogP contribution in [0, 0.1) is 0 Å². The zero-order valence-corrected chi connectivity index (χ0v) is 18.6. The third kappa shape index (κ3) is 8.03. The minimum atomic E-state index is 0. The van der Waals surface area contributed by atoms with Crippen LogP contribution in [0.3, 0.4) is 0 Å². The molecule has 0 bridgehead atoms. The highest BCUT2D eigenvalue weighted by Gasteiger charge is 2.23. The second-order valence-electron chi connectivity index (χ2n) is 7.25. The number of morpholine rings is 1. The quantitative estimate of drug-likeness (QED) is 0.670. The van der Waals surface area contributed by atoms with Crippen molar-refractivity contribution < 1.29 is 14.2 Å².